The van der Waals surface area contributed by atoms with Gasteiger partial charge in [0.25, 0.3) is 0 Å². The average Bonchev–Trinajstić information content (AvgIpc) is 3.24. The zero-order chi connectivity index (χ0) is 19.6. The predicted molar refractivity (Wildman–Crippen MR) is 118 cm³/mol. The van der Waals surface area contributed by atoms with Gasteiger partial charge in [0.2, 0.25) is 5.69 Å². The fourth-order valence-corrected chi connectivity index (χ4v) is 5.81. The number of aromatic nitrogens is 1. The molecule has 144 valence electrons. The molecule has 0 aliphatic heterocycles. The van der Waals surface area contributed by atoms with Gasteiger partial charge in [0.1, 0.15) is 7.05 Å². The van der Waals surface area contributed by atoms with Gasteiger partial charge in [0.05, 0.1) is 10.9 Å². The van der Waals surface area contributed by atoms with Crippen LogP contribution in [0.25, 0.3) is 22.0 Å². The van der Waals surface area contributed by atoms with E-state index >= 15 is 0 Å². The number of hydrogen-bond acceptors (Lipinski definition) is 0. The summed E-state index contributed by atoms with van der Waals surface area (Å²) >= 11 is 0. The fraction of sp³-hybridized carbons (Fsp3) is 0.444. The first-order chi connectivity index (χ1) is 13.4. The lowest BCUT2D eigenvalue weighted by Gasteiger charge is -2.18. The minimum absolute atomic E-state index is 0.687. The van der Waals surface area contributed by atoms with Crippen LogP contribution in [-0.2, 0) is 13.5 Å². The molecular weight excluding hydrogens is 338 g/mol. The van der Waals surface area contributed by atoms with Gasteiger partial charge in [0, 0.05) is 13.0 Å². The number of fused-ring (bicyclic) bond motifs is 6. The normalized spacial score (nSPS) is 20.4. The molecule has 0 spiro atoms. The highest BCUT2D eigenvalue weighted by Gasteiger charge is 2.37. The molecular formula is C27H32N+. The summed E-state index contributed by atoms with van der Waals surface area (Å²) in [5.74, 6) is 2.32. The van der Waals surface area contributed by atoms with Crippen LogP contribution in [0.1, 0.15) is 72.9 Å². The van der Waals surface area contributed by atoms with Crippen molar-refractivity contribution in [3.8, 4) is 11.3 Å². The number of rotatable bonds is 3. The Morgan fingerprint density at radius 2 is 1.68 bits per heavy atom. The molecule has 5 rings (SSSR count). The molecule has 2 unspecified atom stereocenters. The van der Waals surface area contributed by atoms with Gasteiger partial charge in [0.15, 0.2) is 5.69 Å². The first-order valence-corrected chi connectivity index (χ1v) is 11.0. The summed E-state index contributed by atoms with van der Waals surface area (Å²) in [6.07, 6.45) is 5.32. The van der Waals surface area contributed by atoms with Gasteiger partial charge in [-0.15, -0.1) is 0 Å². The zero-order valence-corrected chi connectivity index (χ0v) is 18.0. The third-order valence-electron chi connectivity index (χ3n) is 7.24. The molecule has 1 fully saturated rings. The van der Waals surface area contributed by atoms with E-state index in [2.05, 4.69) is 75.7 Å². The van der Waals surface area contributed by atoms with Gasteiger partial charge in [-0.25, -0.2) is 0 Å². The fourth-order valence-electron chi connectivity index (χ4n) is 5.81. The third kappa shape index (κ3) is 2.70. The number of hydrogen-bond donors (Lipinski definition) is 0. The number of nitrogens with zero attached hydrogens (tertiary/aromatic N) is 1. The second-order valence-electron chi connectivity index (χ2n) is 9.72. The van der Waals surface area contributed by atoms with E-state index in [1.54, 1.807) is 11.1 Å². The second-order valence-corrected chi connectivity index (χ2v) is 9.72. The summed E-state index contributed by atoms with van der Waals surface area (Å²) < 4.78 is 2.40. The summed E-state index contributed by atoms with van der Waals surface area (Å²) in [4.78, 5) is 0. The van der Waals surface area contributed by atoms with Crippen molar-refractivity contribution in [1.82, 2.24) is 0 Å². The van der Waals surface area contributed by atoms with E-state index in [1.807, 2.05) is 0 Å². The molecule has 0 N–H and O–H groups in total. The summed E-state index contributed by atoms with van der Waals surface area (Å²) in [6.45, 7) is 9.15. The molecule has 0 amide bonds. The van der Waals surface area contributed by atoms with Crippen LogP contribution in [0.2, 0.25) is 0 Å². The van der Waals surface area contributed by atoms with Gasteiger partial charge in [-0.1, -0.05) is 32.0 Å². The number of benzene rings is 2. The monoisotopic (exact) mass is 370 g/mol. The highest BCUT2D eigenvalue weighted by molar-refractivity contribution is 5.94. The SMILES string of the molecule is Cc1cc2c(cc1-c1c3ccc(CC(C)C)cc3cc(C)[n+]1C)C1CCC2C1. The topological polar surface area (TPSA) is 3.88 Å². The van der Waals surface area contributed by atoms with Gasteiger partial charge in [-0.05, 0) is 90.1 Å². The molecule has 0 saturated heterocycles. The first kappa shape index (κ1) is 17.9. The van der Waals surface area contributed by atoms with E-state index in [-0.39, 0.29) is 0 Å². The van der Waals surface area contributed by atoms with Gasteiger partial charge in [-0.3, -0.25) is 0 Å². The molecule has 2 bridgehead atoms. The Morgan fingerprint density at radius 1 is 0.964 bits per heavy atom. The Labute approximate surface area is 169 Å². The van der Waals surface area contributed by atoms with Gasteiger partial charge < -0.3 is 0 Å². The number of pyridine rings is 1. The van der Waals surface area contributed by atoms with E-state index in [0.29, 0.717) is 5.92 Å². The molecule has 1 heteroatoms. The molecule has 1 aromatic heterocycles. The molecule has 2 aromatic carbocycles. The molecule has 2 atom stereocenters. The highest BCUT2D eigenvalue weighted by Crippen LogP contribution is 2.54. The van der Waals surface area contributed by atoms with Crippen LogP contribution in [0.4, 0.5) is 0 Å². The van der Waals surface area contributed by atoms with Gasteiger partial charge >= 0.3 is 0 Å². The van der Waals surface area contributed by atoms with Crippen molar-refractivity contribution in [3.05, 3.63) is 64.3 Å². The summed E-state index contributed by atoms with van der Waals surface area (Å²) in [5, 5.41) is 2.76. The Kier molecular flexibility index (Phi) is 4.12. The zero-order valence-electron chi connectivity index (χ0n) is 18.0. The maximum Gasteiger partial charge on any atom is 0.220 e. The minimum Gasteiger partial charge on any atom is -0.198 e. The van der Waals surface area contributed by atoms with Crippen LogP contribution in [-0.4, -0.2) is 0 Å². The number of aryl methyl sites for hydroxylation is 2. The molecule has 1 nitrogen and oxygen atoms in total. The highest BCUT2D eigenvalue weighted by atomic mass is 14.9. The van der Waals surface area contributed by atoms with Crippen LogP contribution < -0.4 is 4.57 Å². The second kappa shape index (κ2) is 6.44. The van der Waals surface area contributed by atoms with E-state index in [0.717, 1.165) is 18.3 Å². The van der Waals surface area contributed by atoms with Crippen molar-refractivity contribution in [2.24, 2.45) is 13.0 Å². The van der Waals surface area contributed by atoms with Crippen molar-refractivity contribution in [2.75, 3.05) is 0 Å². The summed E-state index contributed by atoms with van der Waals surface area (Å²) in [6, 6.07) is 14.5. The molecule has 2 aliphatic rings. The lowest BCUT2D eigenvalue weighted by molar-refractivity contribution is -0.665. The predicted octanol–water partition coefficient (Wildman–Crippen LogP) is 6.51. The molecule has 1 heterocycles. The van der Waals surface area contributed by atoms with Crippen molar-refractivity contribution >= 4 is 10.8 Å². The molecule has 28 heavy (non-hydrogen) atoms. The van der Waals surface area contributed by atoms with Crippen molar-refractivity contribution in [2.45, 2.75) is 65.2 Å². The van der Waals surface area contributed by atoms with Crippen molar-refractivity contribution < 1.29 is 4.57 Å². The largest absolute Gasteiger partial charge is 0.220 e. The van der Waals surface area contributed by atoms with E-state index in [9.17, 15) is 0 Å². The Balaban J connectivity index is 1.73. The van der Waals surface area contributed by atoms with Crippen molar-refractivity contribution in [1.29, 1.82) is 0 Å². The molecule has 3 aromatic rings. The maximum atomic E-state index is 2.55. The van der Waals surface area contributed by atoms with Crippen LogP contribution in [0, 0.1) is 19.8 Å². The quantitative estimate of drug-likeness (QED) is 0.463. The lowest BCUT2D eigenvalue weighted by atomic mass is 9.86. The Hall–Kier alpha value is -2.15. The third-order valence-corrected chi connectivity index (χ3v) is 7.24. The maximum absolute atomic E-state index is 2.55. The smallest absolute Gasteiger partial charge is 0.198 e. The minimum atomic E-state index is 0.687. The van der Waals surface area contributed by atoms with E-state index in [1.165, 1.54) is 58.1 Å². The van der Waals surface area contributed by atoms with Crippen molar-refractivity contribution in [3.63, 3.8) is 0 Å². The van der Waals surface area contributed by atoms with Crippen LogP contribution in [0.5, 0.6) is 0 Å². The molecule has 2 aliphatic carbocycles. The van der Waals surface area contributed by atoms with Crippen LogP contribution in [0.3, 0.4) is 0 Å². The average molecular weight is 371 g/mol. The van der Waals surface area contributed by atoms with Crippen LogP contribution >= 0.6 is 0 Å². The molecule has 1 saturated carbocycles. The summed E-state index contributed by atoms with van der Waals surface area (Å²) in [5.41, 5.74) is 10.3. The summed E-state index contributed by atoms with van der Waals surface area (Å²) in [7, 11) is 2.23. The van der Waals surface area contributed by atoms with Gasteiger partial charge in [-0.2, -0.15) is 4.57 Å². The lowest BCUT2D eigenvalue weighted by Crippen LogP contribution is -2.35. The Morgan fingerprint density at radius 3 is 2.39 bits per heavy atom. The van der Waals surface area contributed by atoms with Crippen LogP contribution in [0.15, 0.2) is 36.4 Å². The standard InChI is InChI=1S/C27H32N/c1-16(2)10-19-6-9-23-22(13-19)12-18(4)28(5)27(23)24-15-26-21-8-7-20(14-21)25(26)11-17(24)3/h6,9,11-13,15-16,20-21H,7-8,10,14H2,1-5H3/q+1. The first-order valence-electron chi connectivity index (χ1n) is 11.0. The Bertz CT molecular complexity index is 1090. The van der Waals surface area contributed by atoms with E-state index < -0.39 is 0 Å². The van der Waals surface area contributed by atoms with E-state index in [4.69, 9.17) is 0 Å². The molecule has 0 radical (unpaired) electrons.